The molecule has 0 aliphatic carbocycles. The lowest BCUT2D eigenvalue weighted by molar-refractivity contribution is 0.0992. The summed E-state index contributed by atoms with van der Waals surface area (Å²) in [6.07, 6.45) is 1.37. The fourth-order valence-corrected chi connectivity index (χ4v) is 2.44. The first-order valence-corrected chi connectivity index (χ1v) is 6.57. The van der Waals surface area contributed by atoms with Crippen LogP contribution in [-0.4, -0.2) is 12.4 Å². The van der Waals surface area contributed by atoms with Gasteiger partial charge in [0.1, 0.15) is 5.75 Å². The summed E-state index contributed by atoms with van der Waals surface area (Å²) in [4.78, 5) is 12.3. The van der Waals surface area contributed by atoms with E-state index in [1.165, 1.54) is 5.56 Å². The van der Waals surface area contributed by atoms with Gasteiger partial charge in [-0.2, -0.15) is 0 Å². The number of rotatable bonds is 3. The largest absolute Gasteiger partial charge is 0.493 e. The first kappa shape index (κ1) is 12.0. The molecule has 2 nitrogen and oxygen atoms in total. The third kappa shape index (κ3) is 2.39. The average Bonchev–Trinajstić information content (AvgIpc) is 2.88. The van der Waals surface area contributed by atoms with Crippen LogP contribution in [-0.2, 0) is 12.8 Å². The summed E-state index contributed by atoms with van der Waals surface area (Å²) in [5.41, 5.74) is 4.20. The second-order valence-corrected chi connectivity index (χ2v) is 4.95. The Morgan fingerprint density at radius 2 is 2.05 bits per heavy atom. The van der Waals surface area contributed by atoms with Gasteiger partial charge in [0.05, 0.1) is 6.61 Å². The average molecular weight is 252 g/mol. The second kappa shape index (κ2) is 4.88. The highest BCUT2D eigenvalue weighted by Crippen LogP contribution is 2.26. The molecule has 0 unspecified atom stereocenters. The number of hydrogen-bond acceptors (Lipinski definition) is 2. The molecule has 1 heterocycles. The van der Waals surface area contributed by atoms with Gasteiger partial charge < -0.3 is 4.74 Å². The van der Waals surface area contributed by atoms with Crippen LogP contribution in [0.25, 0.3) is 0 Å². The Morgan fingerprint density at radius 1 is 1.21 bits per heavy atom. The van der Waals surface area contributed by atoms with Crippen molar-refractivity contribution in [2.75, 3.05) is 6.61 Å². The van der Waals surface area contributed by atoms with Crippen molar-refractivity contribution < 1.29 is 9.53 Å². The second-order valence-electron chi connectivity index (χ2n) is 4.95. The zero-order valence-electron chi connectivity index (χ0n) is 11.0. The van der Waals surface area contributed by atoms with Crippen LogP contribution in [0.1, 0.15) is 27.0 Å². The zero-order valence-corrected chi connectivity index (χ0v) is 11.0. The van der Waals surface area contributed by atoms with E-state index in [-0.39, 0.29) is 5.78 Å². The summed E-state index contributed by atoms with van der Waals surface area (Å²) in [7, 11) is 0. The minimum absolute atomic E-state index is 0.170. The third-order valence-electron chi connectivity index (χ3n) is 3.62. The Kier molecular flexibility index (Phi) is 3.08. The first-order chi connectivity index (χ1) is 9.24. The van der Waals surface area contributed by atoms with Crippen molar-refractivity contribution in [1.82, 2.24) is 0 Å². The number of ketones is 1. The van der Waals surface area contributed by atoms with Gasteiger partial charge in [0.2, 0.25) is 0 Å². The van der Waals surface area contributed by atoms with E-state index in [1.54, 1.807) is 0 Å². The Balaban J connectivity index is 1.83. The van der Waals surface area contributed by atoms with E-state index in [4.69, 9.17) is 4.74 Å². The van der Waals surface area contributed by atoms with Gasteiger partial charge in [-0.1, -0.05) is 24.3 Å². The number of fused-ring (bicyclic) bond motifs is 1. The van der Waals surface area contributed by atoms with E-state index in [1.807, 2.05) is 49.4 Å². The molecule has 0 radical (unpaired) electrons. The van der Waals surface area contributed by atoms with Gasteiger partial charge in [-0.25, -0.2) is 0 Å². The molecular formula is C17H16O2. The van der Waals surface area contributed by atoms with Crippen molar-refractivity contribution >= 4 is 5.78 Å². The van der Waals surface area contributed by atoms with Gasteiger partial charge in [-0.15, -0.1) is 0 Å². The summed E-state index contributed by atoms with van der Waals surface area (Å²) >= 11 is 0. The van der Waals surface area contributed by atoms with E-state index in [2.05, 4.69) is 0 Å². The van der Waals surface area contributed by atoms with Crippen LogP contribution in [0.5, 0.6) is 5.75 Å². The maximum absolute atomic E-state index is 12.3. The topological polar surface area (TPSA) is 26.3 Å². The van der Waals surface area contributed by atoms with Crippen molar-refractivity contribution in [3.05, 3.63) is 64.7 Å². The van der Waals surface area contributed by atoms with Crippen LogP contribution in [0, 0.1) is 6.92 Å². The molecule has 3 rings (SSSR count). The number of Topliss-reactive ketones (excluding diaryl/α,β-unsaturated/α-hetero) is 1. The lowest BCUT2D eigenvalue weighted by Gasteiger charge is -2.06. The van der Waals surface area contributed by atoms with Crippen molar-refractivity contribution in [3.63, 3.8) is 0 Å². The summed E-state index contributed by atoms with van der Waals surface area (Å²) in [5.74, 6) is 1.09. The summed E-state index contributed by atoms with van der Waals surface area (Å²) < 4.78 is 5.46. The van der Waals surface area contributed by atoms with E-state index >= 15 is 0 Å². The van der Waals surface area contributed by atoms with Gasteiger partial charge in [0.25, 0.3) is 0 Å². The molecule has 0 atom stereocenters. The lowest BCUT2D eigenvalue weighted by atomic mass is 9.98. The molecule has 0 bridgehead atoms. The summed E-state index contributed by atoms with van der Waals surface area (Å²) in [6, 6.07) is 13.8. The number of aryl methyl sites for hydroxylation is 1. The van der Waals surface area contributed by atoms with Crippen molar-refractivity contribution in [3.8, 4) is 5.75 Å². The van der Waals surface area contributed by atoms with Gasteiger partial charge in [0, 0.05) is 18.4 Å². The highest BCUT2D eigenvalue weighted by molar-refractivity contribution is 5.98. The molecule has 19 heavy (non-hydrogen) atoms. The predicted molar refractivity (Wildman–Crippen MR) is 74.9 cm³/mol. The Morgan fingerprint density at radius 3 is 2.89 bits per heavy atom. The Labute approximate surface area is 113 Å². The van der Waals surface area contributed by atoms with Crippen LogP contribution >= 0.6 is 0 Å². The summed E-state index contributed by atoms with van der Waals surface area (Å²) in [6.45, 7) is 2.77. The van der Waals surface area contributed by atoms with E-state index in [0.717, 1.165) is 35.5 Å². The molecule has 2 aromatic rings. The number of carbonyl (C=O) groups is 1. The van der Waals surface area contributed by atoms with Gasteiger partial charge >= 0.3 is 0 Å². The lowest BCUT2D eigenvalue weighted by Crippen LogP contribution is -2.05. The number of benzene rings is 2. The van der Waals surface area contributed by atoms with Crippen LogP contribution in [0.4, 0.5) is 0 Å². The standard InChI is InChI=1S/C17H16O2/c1-12-4-2-3-5-13(12)11-16(18)14-6-7-17-15(10-14)8-9-19-17/h2-7,10H,8-9,11H2,1H3. The Bertz CT molecular complexity index is 629. The van der Waals surface area contributed by atoms with Crippen LogP contribution < -0.4 is 4.74 Å². The van der Waals surface area contributed by atoms with Gasteiger partial charge in [-0.3, -0.25) is 4.79 Å². The minimum atomic E-state index is 0.170. The molecule has 0 N–H and O–H groups in total. The van der Waals surface area contributed by atoms with E-state index in [9.17, 15) is 4.79 Å². The molecule has 0 saturated carbocycles. The maximum Gasteiger partial charge on any atom is 0.167 e. The number of hydrogen-bond donors (Lipinski definition) is 0. The van der Waals surface area contributed by atoms with Crippen molar-refractivity contribution in [2.45, 2.75) is 19.8 Å². The minimum Gasteiger partial charge on any atom is -0.493 e. The van der Waals surface area contributed by atoms with Crippen LogP contribution in [0.3, 0.4) is 0 Å². The van der Waals surface area contributed by atoms with E-state index < -0.39 is 0 Å². The maximum atomic E-state index is 12.3. The molecule has 2 aromatic carbocycles. The molecule has 2 heteroatoms. The SMILES string of the molecule is Cc1ccccc1CC(=O)c1ccc2c(c1)CCO2. The van der Waals surface area contributed by atoms with E-state index in [0.29, 0.717) is 6.42 Å². The summed E-state index contributed by atoms with van der Waals surface area (Å²) in [5, 5.41) is 0. The van der Waals surface area contributed by atoms with Crippen molar-refractivity contribution in [1.29, 1.82) is 0 Å². The van der Waals surface area contributed by atoms with Gasteiger partial charge in [0.15, 0.2) is 5.78 Å². The molecule has 0 spiro atoms. The molecule has 0 saturated heterocycles. The fourth-order valence-electron chi connectivity index (χ4n) is 2.44. The van der Waals surface area contributed by atoms with Gasteiger partial charge in [-0.05, 0) is 41.8 Å². The molecule has 96 valence electrons. The molecular weight excluding hydrogens is 236 g/mol. The molecule has 0 fully saturated rings. The zero-order chi connectivity index (χ0) is 13.2. The number of carbonyl (C=O) groups excluding carboxylic acids is 1. The molecule has 0 aromatic heterocycles. The molecule has 1 aliphatic rings. The quantitative estimate of drug-likeness (QED) is 0.783. The molecule has 1 aliphatic heterocycles. The first-order valence-electron chi connectivity index (χ1n) is 6.57. The molecule has 0 amide bonds. The smallest absolute Gasteiger partial charge is 0.167 e. The fraction of sp³-hybridized carbons (Fsp3) is 0.235. The third-order valence-corrected chi connectivity index (χ3v) is 3.62. The Hall–Kier alpha value is -2.09. The highest BCUT2D eigenvalue weighted by atomic mass is 16.5. The predicted octanol–water partition coefficient (Wildman–Crippen LogP) is 3.36. The number of ether oxygens (including phenoxy) is 1. The monoisotopic (exact) mass is 252 g/mol. The normalized spacial score (nSPS) is 12.9. The van der Waals surface area contributed by atoms with Crippen LogP contribution in [0.2, 0.25) is 0 Å². The van der Waals surface area contributed by atoms with Crippen molar-refractivity contribution in [2.24, 2.45) is 0 Å². The highest BCUT2D eigenvalue weighted by Gasteiger charge is 2.15. The van der Waals surface area contributed by atoms with Crippen LogP contribution in [0.15, 0.2) is 42.5 Å².